The van der Waals surface area contributed by atoms with Crippen LogP contribution in [0, 0.1) is 13.8 Å². The van der Waals surface area contributed by atoms with Gasteiger partial charge in [0.15, 0.2) is 0 Å². The molecule has 2 rings (SSSR count). The highest BCUT2D eigenvalue weighted by Gasteiger charge is 2.17. The molecule has 0 saturated carbocycles. The van der Waals surface area contributed by atoms with E-state index in [2.05, 4.69) is 5.10 Å². The van der Waals surface area contributed by atoms with Gasteiger partial charge in [0.2, 0.25) is 0 Å². The van der Waals surface area contributed by atoms with Gasteiger partial charge in [0.1, 0.15) is 4.99 Å². The topological polar surface area (TPSA) is 43.8 Å². The van der Waals surface area contributed by atoms with Gasteiger partial charge in [0.25, 0.3) is 0 Å². The van der Waals surface area contributed by atoms with Crippen LogP contribution in [-0.2, 0) is 0 Å². The summed E-state index contributed by atoms with van der Waals surface area (Å²) in [5.41, 5.74) is 9.25. The molecule has 0 bridgehead atoms. The van der Waals surface area contributed by atoms with E-state index >= 15 is 0 Å². The first-order valence-electron chi connectivity index (χ1n) is 5.66. The summed E-state index contributed by atoms with van der Waals surface area (Å²) in [6.45, 7) is 3.81. The quantitative estimate of drug-likeness (QED) is 0.696. The highest BCUT2D eigenvalue weighted by atomic mass is 35.5. The minimum Gasteiger partial charge on any atom is -0.389 e. The van der Waals surface area contributed by atoms with Gasteiger partial charge in [-0.2, -0.15) is 5.10 Å². The molecule has 0 amide bonds. The van der Waals surface area contributed by atoms with Crippen LogP contribution in [0.5, 0.6) is 0 Å². The van der Waals surface area contributed by atoms with Crippen LogP contribution in [0.1, 0.15) is 17.0 Å². The second-order valence-electron chi connectivity index (χ2n) is 4.12. The van der Waals surface area contributed by atoms with Gasteiger partial charge < -0.3 is 5.73 Å². The molecule has 0 aliphatic carbocycles. The van der Waals surface area contributed by atoms with Gasteiger partial charge in [-0.15, -0.1) is 11.8 Å². The average Bonchev–Trinajstić information content (AvgIpc) is 2.65. The number of nitrogens with two attached hydrogens (primary N) is 1. The number of thiocarbonyl (C=S) groups is 1. The van der Waals surface area contributed by atoms with Gasteiger partial charge in [0, 0.05) is 10.5 Å². The molecule has 0 radical (unpaired) electrons. The first-order chi connectivity index (χ1) is 8.97. The summed E-state index contributed by atoms with van der Waals surface area (Å²) in [7, 11) is 0. The van der Waals surface area contributed by atoms with Crippen LogP contribution in [-0.4, -0.2) is 21.0 Å². The molecule has 0 saturated heterocycles. The van der Waals surface area contributed by atoms with E-state index in [9.17, 15) is 0 Å². The van der Waals surface area contributed by atoms with E-state index in [-0.39, 0.29) is 0 Å². The van der Waals surface area contributed by atoms with Crippen molar-refractivity contribution in [3.05, 3.63) is 40.2 Å². The highest BCUT2D eigenvalue weighted by Crippen LogP contribution is 2.29. The highest BCUT2D eigenvalue weighted by molar-refractivity contribution is 7.98. The Hall–Kier alpha value is -1.04. The summed E-state index contributed by atoms with van der Waals surface area (Å²) in [5, 5.41) is 5.13. The lowest BCUT2D eigenvalue weighted by molar-refractivity contribution is 0.829. The van der Waals surface area contributed by atoms with Crippen molar-refractivity contribution in [1.82, 2.24) is 9.78 Å². The molecular formula is C13H14ClN3S2. The Bertz CT molecular complexity index is 650. The summed E-state index contributed by atoms with van der Waals surface area (Å²) in [5.74, 6) is 0. The molecule has 6 heteroatoms. The van der Waals surface area contributed by atoms with E-state index in [0.717, 1.165) is 27.5 Å². The number of aryl methyl sites for hydroxylation is 1. The van der Waals surface area contributed by atoms with Gasteiger partial charge in [-0.05, 0) is 32.2 Å². The fraction of sp³-hybridized carbons (Fsp3) is 0.231. The fourth-order valence-electron chi connectivity index (χ4n) is 1.97. The lowest BCUT2D eigenvalue weighted by Crippen LogP contribution is -2.16. The summed E-state index contributed by atoms with van der Waals surface area (Å²) in [6, 6.07) is 5.91. The molecule has 1 aromatic heterocycles. The second kappa shape index (κ2) is 5.53. The number of hydrogen-bond acceptors (Lipinski definition) is 3. The summed E-state index contributed by atoms with van der Waals surface area (Å²) < 4.78 is 1.80. The zero-order valence-corrected chi connectivity index (χ0v) is 13.3. The molecule has 0 atom stereocenters. The molecule has 1 aromatic carbocycles. The molecule has 19 heavy (non-hydrogen) atoms. The van der Waals surface area contributed by atoms with Crippen molar-refractivity contribution in [2.45, 2.75) is 18.7 Å². The lowest BCUT2D eigenvalue weighted by Gasteiger charge is -2.13. The molecule has 1 heterocycles. The van der Waals surface area contributed by atoms with Crippen molar-refractivity contribution in [3.8, 4) is 5.69 Å². The predicted molar refractivity (Wildman–Crippen MR) is 85.7 cm³/mol. The fourth-order valence-corrected chi connectivity index (χ4v) is 3.00. The van der Waals surface area contributed by atoms with E-state index in [4.69, 9.17) is 29.6 Å². The molecule has 0 spiro atoms. The Kier molecular flexibility index (Phi) is 4.18. The smallest absolute Gasteiger partial charge is 0.107 e. The number of hydrogen-bond donors (Lipinski definition) is 1. The van der Waals surface area contributed by atoms with Crippen LogP contribution >= 0.6 is 35.6 Å². The van der Waals surface area contributed by atoms with Gasteiger partial charge >= 0.3 is 0 Å². The van der Waals surface area contributed by atoms with Gasteiger partial charge in [-0.3, -0.25) is 0 Å². The Morgan fingerprint density at radius 2 is 2.11 bits per heavy atom. The largest absolute Gasteiger partial charge is 0.389 e. The number of nitrogens with zero attached hydrogens (tertiary/aromatic N) is 2. The second-order valence-corrected chi connectivity index (χ2v) is 5.78. The summed E-state index contributed by atoms with van der Waals surface area (Å²) >= 11 is 13.0. The number of benzene rings is 1. The molecule has 0 unspecified atom stereocenters. The van der Waals surface area contributed by atoms with Crippen LogP contribution in [0.25, 0.3) is 5.69 Å². The first-order valence-corrected chi connectivity index (χ1v) is 7.67. The molecule has 100 valence electrons. The average molecular weight is 312 g/mol. The van der Waals surface area contributed by atoms with Crippen LogP contribution in [0.3, 0.4) is 0 Å². The minimum atomic E-state index is 0.364. The van der Waals surface area contributed by atoms with Crippen molar-refractivity contribution in [1.29, 1.82) is 0 Å². The standard InChI is InChI=1S/C13H14ClN3S2/c1-7-12(14)8(2)17(16-7)9-5-4-6-10(19-3)11(9)13(15)18/h4-6H,1-3H3,(H2,15,18). The zero-order valence-electron chi connectivity index (χ0n) is 10.9. The maximum Gasteiger partial charge on any atom is 0.107 e. The van der Waals surface area contributed by atoms with Gasteiger partial charge in [0.05, 0.1) is 22.1 Å². The van der Waals surface area contributed by atoms with Crippen molar-refractivity contribution in [2.24, 2.45) is 5.73 Å². The Balaban J connectivity index is 2.75. The number of halogens is 1. The Morgan fingerprint density at radius 1 is 1.42 bits per heavy atom. The number of thioether (sulfide) groups is 1. The Morgan fingerprint density at radius 3 is 2.58 bits per heavy atom. The molecule has 2 aromatic rings. The van der Waals surface area contributed by atoms with E-state index in [1.165, 1.54) is 0 Å². The maximum absolute atomic E-state index is 6.20. The van der Waals surface area contributed by atoms with Crippen molar-refractivity contribution < 1.29 is 0 Å². The van der Waals surface area contributed by atoms with Gasteiger partial charge in [-0.1, -0.05) is 29.9 Å². The predicted octanol–water partition coefficient (Wildman–Crippen LogP) is 3.50. The minimum absolute atomic E-state index is 0.364. The molecular weight excluding hydrogens is 298 g/mol. The van der Waals surface area contributed by atoms with Crippen LogP contribution < -0.4 is 5.73 Å². The van der Waals surface area contributed by atoms with E-state index in [0.29, 0.717) is 10.0 Å². The van der Waals surface area contributed by atoms with E-state index in [1.54, 1.807) is 16.4 Å². The third kappa shape index (κ3) is 2.50. The van der Waals surface area contributed by atoms with Crippen molar-refractivity contribution >= 4 is 40.6 Å². The zero-order chi connectivity index (χ0) is 14.2. The molecule has 2 N–H and O–H groups in total. The maximum atomic E-state index is 6.20. The normalized spacial score (nSPS) is 10.7. The monoisotopic (exact) mass is 311 g/mol. The molecule has 0 aliphatic heterocycles. The van der Waals surface area contributed by atoms with Crippen LogP contribution in [0.4, 0.5) is 0 Å². The van der Waals surface area contributed by atoms with Gasteiger partial charge in [-0.25, -0.2) is 4.68 Å². The third-order valence-corrected chi connectivity index (χ3v) is 4.43. The molecule has 0 fully saturated rings. The number of aromatic nitrogens is 2. The number of rotatable bonds is 3. The molecule has 3 nitrogen and oxygen atoms in total. The van der Waals surface area contributed by atoms with Crippen LogP contribution in [0.2, 0.25) is 5.02 Å². The summed E-state index contributed by atoms with van der Waals surface area (Å²) in [6.07, 6.45) is 2.00. The lowest BCUT2D eigenvalue weighted by atomic mass is 10.1. The van der Waals surface area contributed by atoms with E-state index < -0.39 is 0 Å². The first kappa shape index (κ1) is 14.4. The third-order valence-electron chi connectivity index (χ3n) is 2.90. The summed E-state index contributed by atoms with van der Waals surface area (Å²) in [4.78, 5) is 1.40. The SMILES string of the molecule is CSc1cccc(-n2nc(C)c(Cl)c2C)c1C(N)=S. The van der Waals surface area contributed by atoms with E-state index in [1.807, 2.05) is 38.3 Å². The molecule has 0 aliphatic rings. The van der Waals surface area contributed by atoms with Crippen molar-refractivity contribution in [3.63, 3.8) is 0 Å². The Labute approximate surface area is 127 Å². The van der Waals surface area contributed by atoms with Crippen molar-refractivity contribution in [2.75, 3.05) is 6.26 Å². The van der Waals surface area contributed by atoms with Crippen LogP contribution in [0.15, 0.2) is 23.1 Å².